The van der Waals surface area contributed by atoms with Crippen molar-refractivity contribution in [1.82, 2.24) is 4.90 Å². The van der Waals surface area contributed by atoms with Gasteiger partial charge in [0.25, 0.3) is 0 Å². The van der Waals surface area contributed by atoms with Crippen LogP contribution in [0.4, 0.5) is 0 Å². The molecule has 0 aromatic heterocycles. The van der Waals surface area contributed by atoms with Crippen molar-refractivity contribution >= 4 is 13.8 Å². The molecule has 0 amide bonds. The Morgan fingerprint density at radius 1 is 1.00 bits per heavy atom. The average Bonchev–Trinajstić information content (AvgIpc) is 3.32. The van der Waals surface area contributed by atoms with Gasteiger partial charge < -0.3 is 0 Å². The third-order valence-corrected chi connectivity index (χ3v) is 7.30. The zero-order valence-corrected chi connectivity index (χ0v) is 20.9. The summed E-state index contributed by atoms with van der Waals surface area (Å²) in [6, 6.07) is 0.313. The van der Waals surface area contributed by atoms with Crippen LogP contribution in [0.2, 0.25) is 5.32 Å². The monoisotopic (exact) mass is 489 g/mol. The maximum Gasteiger partial charge on any atom is 2.00 e. The minimum Gasteiger partial charge on any atom is -0.0312 e. The van der Waals surface area contributed by atoms with Crippen LogP contribution < -0.4 is 0 Å². The number of hydrogen-bond donors (Lipinski definition) is 0. The first kappa shape index (κ1) is 28.3. The van der Waals surface area contributed by atoms with Crippen LogP contribution in [0.1, 0.15) is 40.5 Å². The first-order valence-corrected chi connectivity index (χ1v) is 12.4. The quantitative estimate of drug-likeness (QED) is 0.338. The van der Waals surface area contributed by atoms with Gasteiger partial charge in [-0.1, -0.05) is 0 Å². The summed E-state index contributed by atoms with van der Waals surface area (Å²) in [5.41, 5.74) is 2.71. The van der Waals surface area contributed by atoms with E-state index in [0.29, 0.717) is 11.4 Å². The van der Waals surface area contributed by atoms with E-state index in [1.165, 1.54) is 17.1 Å². The predicted molar refractivity (Wildman–Crippen MR) is 118 cm³/mol. The van der Waals surface area contributed by atoms with E-state index in [4.69, 9.17) is 0 Å². The molecule has 2 fully saturated rings. The molecule has 154 valence electrons. The van der Waals surface area contributed by atoms with Crippen LogP contribution in [-0.2, 0) is 20.9 Å². The molecule has 0 bridgehead atoms. The van der Waals surface area contributed by atoms with Crippen molar-refractivity contribution in [1.29, 1.82) is 0 Å². The van der Waals surface area contributed by atoms with Gasteiger partial charge in [-0.15, -0.1) is 0 Å². The Morgan fingerprint density at radius 3 is 2.07 bits per heavy atom. The molecule has 0 heterocycles. The van der Waals surface area contributed by atoms with E-state index < -0.39 is 13.8 Å². The summed E-state index contributed by atoms with van der Waals surface area (Å²) in [5.74, 6) is 1.22. The molecule has 10 radical (unpaired) electrons. The first-order valence-electron chi connectivity index (χ1n) is 9.59. The van der Waals surface area contributed by atoms with Crippen LogP contribution in [0.25, 0.3) is 0 Å². The van der Waals surface area contributed by atoms with Gasteiger partial charge in [-0.25, -0.2) is 0 Å². The normalized spacial score (nSPS) is 20.3. The maximum atomic E-state index is 12.7. The molecule has 2 aliphatic carbocycles. The number of hydrogen-bond acceptors (Lipinski definition) is 2. The van der Waals surface area contributed by atoms with Gasteiger partial charge >= 0.3 is 159 Å². The first-order chi connectivity index (χ1) is 12.8. The van der Waals surface area contributed by atoms with E-state index in [1.54, 1.807) is 0 Å². The van der Waals surface area contributed by atoms with Crippen LogP contribution >= 0.6 is 0 Å². The van der Waals surface area contributed by atoms with Crippen LogP contribution in [-0.4, -0.2) is 38.9 Å². The fourth-order valence-electron chi connectivity index (χ4n) is 2.57. The summed E-state index contributed by atoms with van der Waals surface area (Å²) in [6.07, 6.45) is 22.8. The van der Waals surface area contributed by atoms with E-state index in [0.717, 1.165) is 17.7 Å². The van der Waals surface area contributed by atoms with Crippen molar-refractivity contribution in [2.75, 3.05) is 14.1 Å². The fourth-order valence-corrected chi connectivity index (χ4v) is 5.39. The molecule has 0 spiro atoms. The van der Waals surface area contributed by atoms with Crippen LogP contribution in [0, 0.1) is 62.1 Å². The number of nitrogens with zero attached hydrogens (tertiary/aromatic N) is 1. The molecule has 2 rings (SSSR count). The Bertz CT molecular complexity index is 485. The van der Waals surface area contributed by atoms with Crippen molar-refractivity contribution in [2.24, 2.45) is 0 Å². The Balaban J connectivity index is 0.00000105. The van der Waals surface area contributed by atoms with Gasteiger partial charge in [0, 0.05) is 0 Å². The van der Waals surface area contributed by atoms with Gasteiger partial charge in [-0.3, -0.25) is 0 Å². The third-order valence-electron chi connectivity index (χ3n) is 4.51. The third kappa shape index (κ3) is 11.5. The minimum atomic E-state index is -1.98. The topological polar surface area (TPSA) is 20.3 Å². The smallest absolute Gasteiger partial charge is 0.0312 e. The summed E-state index contributed by atoms with van der Waals surface area (Å²) in [6.45, 7) is 8.56. The summed E-state index contributed by atoms with van der Waals surface area (Å²) >= 11 is -1.98. The van der Waals surface area contributed by atoms with Crippen molar-refractivity contribution in [3.63, 3.8) is 0 Å². The van der Waals surface area contributed by atoms with E-state index >= 15 is 0 Å². The molecule has 2 saturated carbocycles. The SMILES string of the molecule is CC(C)=CCC/C(C)=C/C[Se](=O)[C]1[CH][CH][CH][C]1[C@@H](C)N(C)C.[CH]1[CH][CH][CH][CH]1.[Fe+2]. The van der Waals surface area contributed by atoms with E-state index in [-0.39, 0.29) is 17.1 Å². The Morgan fingerprint density at radius 2 is 1.57 bits per heavy atom. The summed E-state index contributed by atoms with van der Waals surface area (Å²) in [5, 5.41) is 0.706. The molecular weight excluding hydrogens is 453 g/mol. The minimum absolute atomic E-state index is 0. The molecule has 0 aliphatic heterocycles. The van der Waals surface area contributed by atoms with Crippen molar-refractivity contribution in [2.45, 2.75) is 51.9 Å². The van der Waals surface area contributed by atoms with Crippen molar-refractivity contribution in [3.8, 4) is 0 Å². The number of allylic oxidation sites excluding steroid dienone is 4. The zero-order valence-electron chi connectivity index (χ0n) is 18.1. The summed E-state index contributed by atoms with van der Waals surface area (Å²) < 4.78 is 12.7. The number of rotatable bonds is 8. The van der Waals surface area contributed by atoms with Crippen molar-refractivity contribution in [3.05, 3.63) is 85.4 Å². The second-order valence-electron chi connectivity index (χ2n) is 7.33. The fraction of sp³-hybridized carbons (Fsp3) is 0.417. The standard InChI is InChI=1S/C19H30NOSe.C5H5.Fe/c1-15(2)9-7-10-16(3)13-14-22(21)19-12-8-11-18(19)17(4)20(5)6;1-2-4-5-3-1;/h8-9,11-13,17H,7,10,14H2,1-6H3;1-5H;/q;;+2/b16-13+;;/t17-,22?;;/m1../s1. The molecule has 2 nitrogen and oxygen atoms in total. The Labute approximate surface area is 190 Å². The van der Waals surface area contributed by atoms with E-state index in [2.05, 4.69) is 65.3 Å². The summed E-state index contributed by atoms with van der Waals surface area (Å²) in [7, 11) is 4.13. The molecule has 0 saturated heterocycles. The second kappa shape index (κ2) is 16.0. The molecule has 2 atom stereocenters. The molecular formula is C24H35FeNOSe+2. The van der Waals surface area contributed by atoms with Gasteiger partial charge in [0.05, 0.1) is 0 Å². The Kier molecular flexibility index (Phi) is 16.2. The molecule has 2 aliphatic rings. The molecule has 0 N–H and O–H groups in total. The van der Waals surface area contributed by atoms with Gasteiger partial charge in [-0.05, 0) is 32.1 Å². The van der Waals surface area contributed by atoms with E-state index in [1.807, 2.05) is 44.9 Å². The van der Waals surface area contributed by atoms with Crippen molar-refractivity contribution < 1.29 is 20.9 Å². The zero-order chi connectivity index (χ0) is 20.2. The molecule has 0 aromatic carbocycles. The average molecular weight is 488 g/mol. The Hall–Kier alpha value is 0.279. The molecule has 0 aromatic rings. The summed E-state index contributed by atoms with van der Waals surface area (Å²) in [4.78, 5) is 3.24. The predicted octanol–water partition coefficient (Wildman–Crippen LogP) is 5.38. The van der Waals surface area contributed by atoms with Crippen LogP contribution in [0.15, 0.2) is 23.3 Å². The molecule has 4 heteroatoms. The maximum absolute atomic E-state index is 12.7. The van der Waals surface area contributed by atoms with Crippen LogP contribution in [0.5, 0.6) is 0 Å². The van der Waals surface area contributed by atoms with Crippen LogP contribution in [0.3, 0.4) is 0 Å². The van der Waals surface area contributed by atoms with E-state index in [9.17, 15) is 3.83 Å². The van der Waals surface area contributed by atoms with Gasteiger partial charge in [0.15, 0.2) is 0 Å². The van der Waals surface area contributed by atoms with Gasteiger partial charge in [0.1, 0.15) is 0 Å². The largest absolute Gasteiger partial charge is 2.00 e. The molecule has 28 heavy (non-hydrogen) atoms. The molecule has 1 unspecified atom stereocenters. The van der Waals surface area contributed by atoms with Gasteiger partial charge in [0.2, 0.25) is 0 Å². The second-order valence-corrected chi connectivity index (χ2v) is 10.4. The van der Waals surface area contributed by atoms with Gasteiger partial charge in [-0.2, -0.15) is 0 Å².